The highest BCUT2D eigenvalue weighted by Crippen LogP contribution is 2.52. The van der Waals surface area contributed by atoms with Gasteiger partial charge in [-0.1, -0.05) is 52.9 Å². The van der Waals surface area contributed by atoms with Gasteiger partial charge in [-0.3, -0.25) is 4.79 Å². The lowest BCUT2D eigenvalue weighted by atomic mass is 9.65. The van der Waals surface area contributed by atoms with Crippen molar-refractivity contribution in [3.8, 4) is 0 Å². The van der Waals surface area contributed by atoms with Crippen molar-refractivity contribution in [2.24, 2.45) is 16.7 Å². The average molecular weight is 291 g/mol. The predicted octanol–water partition coefficient (Wildman–Crippen LogP) is 4.77. The number of hydrogen-bond donors (Lipinski definition) is 0. The molecule has 120 valence electrons. The summed E-state index contributed by atoms with van der Waals surface area (Å²) in [7, 11) is 0. The Bertz CT molecular complexity index is 396. The first kappa shape index (κ1) is 15.4. The molecule has 0 aromatic carbocycles. The molecule has 2 aliphatic carbocycles. The number of fused-ring (bicyclic) bond motifs is 2. The van der Waals surface area contributed by atoms with Gasteiger partial charge in [0.25, 0.3) is 0 Å². The fourth-order valence-electron chi connectivity index (χ4n) is 5.70. The fraction of sp³-hybridized carbons (Fsp3) is 0.947. The predicted molar refractivity (Wildman–Crippen MR) is 87.0 cm³/mol. The Morgan fingerprint density at radius 3 is 2.52 bits per heavy atom. The molecule has 2 nitrogen and oxygen atoms in total. The van der Waals surface area contributed by atoms with Crippen LogP contribution in [0.25, 0.3) is 0 Å². The maximum atomic E-state index is 12.7. The second kappa shape index (κ2) is 5.59. The van der Waals surface area contributed by atoms with E-state index in [0.717, 1.165) is 25.3 Å². The van der Waals surface area contributed by atoms with E-state index < -0.39 is 0 Å². The lowest BCUT2D eigenvalue weighted by Gasteiger charge is -2.39. The number of carbonyl (C=O) groups is 1. The van der Waals surface area contributed by atoms with Gasteiger partial charge in [-0.25, -0.2) is 0 Å². The third-order valence-corrected chi connectivity index (χ3v) is 6.23. The SMILES string of the molecule is CC1(C)CC2CC(C)(CN2C(=O)CCC2CCCCC2)C1. The summed E-state index contributed by atoms with van der Waals surface area (Å²) in [6, 6.07) is 0.526. The molecule has 1 heterocycles. The molecule has 1 amide bonds. The van der Waals surface area contributed by atoms with E-state index in [2.05, 4.69) is 25.7 Å². The van der Waals surface area contributed by atoms with Crippen LogP contribution >= 0.6 is 0 Å². The highest BCUT2D eigenvalue weighted by molar-refractivity contribution is 5.77. The summed E-state index contributed by atoms with van der Waals surface area (Å²) >= 11 is 0. The van der Waals surface area contributed by atoms with E-state index in [9.17, 15) is 4.79 Å². The molecule has 0 spiro atoms. The summed E-state index contributed by atoms with van der Waals surface area (Å²) in [5.74, 6) is 1.28. The number of carbonyl (C=O) groups excluding carboxylic acids is 1. The fourth-order valence-corrected chi connectivity index (χ4v) is 5.70. The van der Waals surface area contributed by atoms with Gasteiger partial charge in [-0.05, 0) is 42.4 Å². The van der Waals surface area contributed by atoms with Crippen LogP contribution in [-0.2, 0) is 4.79 Å². The minimum absolute atomic E-state index is 0.382. The second-order valence-electron chi connectivity index (χ2n) is 9.28. The van der Waals surface area contributed by atoms with Gasteiger partial charge in [-0.2, -0.15) is 0 Å². The van der Waals surface area contributed by atoms with Crippen LogP contribution in [-0.4, -0.2) is 23.4 Å². The Morgan fingerprint density at radius 2 is 1.81 bits per heavy atom. The van der Waals surface area contributed by atoms with Crippen LogP contribution in [0, 0.1) is 16.7 Å². The van der Waals surface area contributed by atoms with Gasteiger partial charge in [0.15, 0.2) is 0 Å². The van der Waals surface area contributed by atoms with Gasteiger partial charge < -0.3 is 4.90 Å². The van der Waals surface area contributed by atoms with E-state index in [1.807, 2.05) is 0 Å². The Labute approximate surface area is 130 Å². The maximum Gasteiger partial charge on any atom is 0.222 e. The van der Waals surface area contributed by atoms with Crippen LogP contribution in [0.15, 0.2) is 0 Å². The molecule has 1 saturated heterocycles. The zero-order chi connectivity index (χ0) is 15.1. The zero-order valence-electron chi connectivity index (χ0n) is 14.3. The number of amides is 1. The molecule has 21 heavy (non-hydrogen) atoms. The molecule has 2 atom stereocenters. The Hall–Kier alpha value is -0.530. The second-order valence-corrected chi connectivity index (χ2v) is 9.28. The van der Waals surface area contributed by atoms with Crippen molar-refractivity contribution < 1.29 is 4.79 Å². The van der Waals surface area contributed by atoms with E-state index >= 15 is 0 Å². The molecule has 3 rings (SSSR count). The average Bonchev–Trinajstić information content (AvgIpc) is 2.66. The monoisotopic (exact) mass is 291 g/mol. The van der Waals surface area contributed by atoms with E-state index in [0.29, 0.717) is 22.8 Å². The lowest BCUT2D eigenvalue weighted by Crippen LogP contribution is -2.37. The zero-order valence-corrected chi connectivity index (χ0v) is 14.3. The van der Waals surface area contributed by atoms with Crippen molar-refractivity contribution in [2.75, 3.05) is 6.54 Å². The third-order valence-electron chi connectivity index (χ3n) is 6.23. The number of hydrogen-bond acceptors (Lipinski definition) is 1. The van der Waals surface area contributed by atoms with E-state index in [-0.39, 0.29) is 0 Å². The van der Waals surface area contributed by atoms with E-state index in [1.165, 1.54) is 51.4 Å². The molecule has 3 aliphatic rings. The van der Waals surface area contributed by atoms with Gasteiger partial charge >= 0.3 is 0 Å². The molecule has 0 N–H and O–H groups in total. The molecule has 0 aromatic rings. The number of nitrogens with zero attached hydrogens (tertiary/aromatic N) is 1. The molecule has 0 aromatic heterocycles. The van der Waals surface area contributed by atoms with Crippen LogP contribution in [0.4, 0.5) is 0 Å². The molecule has 3 fully saturated rings. The Kier molecular flexibility index (Phi) is 4.09. The molecule has 2 bridgehead atoms. The van der Waals surface area contributed by atoms with Crippen molar-refractivity contribution in [3.05, 3.63) is 0 Å². The van der Waals surface area contributed by atoms with Gasteiger partial charge in [0.05, 0.1) is 0 Å². The first-order valence-electron chi connectivity index (χ1n) is 9.16. The number of likely N-dealkylation sites (tertiary alicyclic amines) is 1. The highest BCUT2D eigenvalue weighted by atomic mass is 16.2. The summed E-state index contributed by atoms with van der Waals surface area (Å²) in [4.78, 5) is 15.0. The summed E-state index contributed by atoms with van der Waals surface area (Å²) in [5.41, 5.74) is 0.795. The lowest BCUT2D eigenvalue weighted by molar-refractivity contribution is -0.132. The van der Waals surface area contributed by atoms with Crippen LogP contribution in [0.3, 0.4) is 0 Å². The number of rotatable bonds is 3. The molecular weight excluding hydrogens is 258 g/mol. The highest BCUT2D eigenvalue weighted by Gasteiger charge is 2.50. The van der Waals surface area contributed by atoms with Gasteiger partial charge in [-0.15, -0.1) is 0 Å². The topological polar surface area (TPSA) is 20.3 Å². The quantitative estimate of drug-likeness (QED) is 0.733. The summed E-state index contributed by atoms with van der Waals surface area (Å²) in [5, 5.41) is 0. The van der Waals surface area contributed by atoms with Crippen molar-refractivity contribution in [1.29, 1.82) is 0 Å². The van der Waals surface area contributed by atoms with Crippen LogP contribution in [0.1, 0.15) is 85.0 Å². The molecule has 2 unspecified atom stereocenters. The summed E-state index contributed by atoms with van der Waals surface area (Å²) < 4.78 is 0. The van der Waals surface area contributed by atoms with Crippen molar-refractivity contribution in [2.45, 2.75) is 91.0 Å². The molecule has 1 aliphatic heterocycles. The minimum atomic E-state index is 0.382. The Balaban J connectivity index is 1.56. The third kappa shape index (κ3) is 3.46. The molecule has 2 heteroatoms. The molecule has 2 saturated carbocycles. The van der Waals surface area contributed by atoms with Gasteiger partial charge in [0.2, 0.25) is 5.91 Å². The van der Waals surface area contributed by atoms with Crippen LogP contribution < -0.4 is 0 Å². The summed E-state index contributed by atoms with van der Waals surface area (Å²) in [6.45, 7) is 8.18. The first-order chi connectivity index (χ1) is 9.87. The smallest absolute Gasteiger partial charge is 0.222 e. The van der Waals surface area contributed by atoms with E-state index in [1.54, 1.807) is 0 Å². The van der Waals surface area contributed by atoms with Crippen LogP contribution in [0.5, 0.6) is 0 Å². The van der Waals surface area contributed by atoms with Crippen molar-refractivity contribution in [1.82, 2.24) is 4.90 Å². The standard InChI is InChI=1S/C19H33NO/c1-18(2)11-16-12-19(3,13-18)14-20(16)17(21)10-9-15-7-5-4-6-8-15/h15-16H,4-14H2,1-3H3. The van der Waals surface area contributed by atoms with Crippen molar-refractivity contribution in [3.63, 3.8) is 0 Å². The largest absolute Gasteiger partial charge is 0.339 e. The molecular formula is C19H33NO. The summed E-state index contributed by atoms with van der Waals surface area (Å²) in [6.07, 6.45) is 12.6. The minimum Gasteiger partial charge on any atom is -0.339 e. The van der Waals surface area contributed by atoms with Gasteiger partial charge in [0.1, 0.15) is 0 Å². The normalized spacial score (nSPS) is 36.0. The maximum absolute atomic E-state index is 12.7. The van der Waals surface area contributed by atoms with E-state index in [4.69, 9.17) is 0 Å². The van der Waals surface area contributed by atoms with Crippen molar-refractivity contribution >= 4 is 5.91 Å². The molecule has 0 radical (unpaired) electrons. The Morgan fingerprint density at radius 1 is 1.10 bits per heavy atom. The van der Waals surface area contributed by atoms with Crippen LogP contribution in [0.2, 0.25) is 0 Å². The van der Waals surface area contributed by atoms with Gasteiger partial charge in [0, 0.05) is 19.0 Å². The first-order valence-corrected chi connectivity index (χ1v) is 9.16.